The molecule has 1 saturated heterocycles. The molecular formula is C12H17N5. The molecule has 5 nitrogen and oxygen atoms in total. The third kappa shape index (κ3) is 2.92. The van der Waals surface area contributed by atoms with Crippen LogP contribution in [0.2, 0.25) is 0 Å². The molecule has 1 fully saturated rings. The Kier molecular flexibility index (Phi) is 3.55. The second-order valence-electron chi connectivity index (χ2n) is 4.49. The minimum absolute atomic E-state index is 0.416. The van der Waals surface area contributed by atoms with E-state index in [-0.39, 0.29) is 0 Å². The van der Waals surface area contributed by atoms with Crippen LogP contribution in [0.1, 0.15) is 24.2 Å². The predicted octanol–water partition coefficient (Wildman–Crippen LogP) is 1.16. The van der Waals surface area contributed by atoms with E-state index in [0.29, 0.717) is 17.7 Å². The largest absolute Gasteiger partial charge is 0.353 e. The number of nitriles is 1. The van der Waals surface area contributed by atoms with Crippen molar-refractivity contribution < 1.29 is 0 Å². The number of nitrogens with zero attached hydrogens (tertiary/aromatic N) is 4. The third-order valence-corrected chi connectivity index (χ3v) is 3.14. The lowest BCUT2D eigenvalue weighted by Gasteiger charge is -2.19. The van der Waals surface area contributed by atoms with Gasteiger partial charge < -0.3 is 10.2 Å². The maximum atomic E-state index is 8.83. The number of rotatable bonds is 3. The van der Waals surface area contributed by atoms with Crippen molar-refractivity contribution in [1.29, 1.82) is 5.26 Å². The van der Waals surface area contributed by atoms with Crippen molar-refractivity contribution in [3.63, 3.8) is 0 Å². The van der Waals surface area contributed by atoms with Crippen molar-refractivity contribution in [2.75, 3.05) is 25.5 Å². The van der Waals surface area contributed by atoms with Crippen LogP contribution in [0.4, 0.5) is 5.95 Å². The quantitative estimate of drug-likeness (QED) is 0.845. The number of nitrogens with one attached hydrogen (secondary N) is 1. The van der Waals surface area contributed by atoms with Crippen molar-refractivity contribution in [3.05, 3.63) is 17.5 Å². The first-order valence-electron chi connectivity index (χ1n) is 5.89. The number of aryl methyl sites for hydroxylation is 1. The highest BCUT2D eigenvalue weighted by molar-refractivity contribution is 5.33. The molecule has 0 aliphatic carbocycles. The Labute approximate surface area is 101 Å². The molecule has 0 saturated carbocycles. The summed E-state index contributed by atoms with van der Waals surface area (Å²) in [5.41, 5.74) is 1.23. The lowest BCUT2D eigenvalue weighted by Crippen LogP contribution is -2.32. The fraction of sp³-hybridized carbons (Fsp3) is 0.583. The summed E-state index contributed by atoms with van der Waals surface area (Å²) >= 11 is 0. The van der Waals surface area contributed by atoms with E-state index in [9.17, 15) is 0 Å². The van der Waals surface area contributed by atoms with Crippen molar-refractivity contribution in [2.45, 2.75) is 25.8 Å². The summed E-state index contributed by atoms with van der Waals surface area (Å²) in [4.78, 5) is 10.8. The van der Waals surface area contributed by atoms with Crippen LogP contribution in [0.3, 0.4) is 0 Å². The number of hydrogen-bond donors (Lipinski definition) is 1. The first-order valence-corrected chi connectivity index (χ1v) is 5.89. The summed E-state index contributed by atoms with van der Waals surface area (Å²) in [7, 11) is 2.14. The van der Waals surface area contributed by atoms with Gasteiger partial charge in [-0.25, -0.2) is 9.97 Å². The van der Waals surface area contributed by atoms with Gasteiger partial charge in [0.1, 0.15) is 11.8 Å². The Balaban J connectivity index is 1.99. The van der Waals surface area contributed by atoms with Crippen LogP contribution >= 0.6 is 0 Å². The second-order valence-corrected chi connectivity index (χ2v) is 4.49. The predicted molar refractivity (Wildman–Crippen MR) is 65.6 cm³/mol. The molecule has 1 aliphatic rings. The number of aromatic nitrogens is 2. The van der Waals surface area contributed by atoms with Crippen LogP contribution in [-0.2, 0) is 0 Å². The maximum Gasteiger partial charge on any atom is 0.224 e. The van der Waals surface area contributed by atoms with Gasteiger partial charge in [-0.15, -0.1) is 0 Å². The van der Waals surface area contributed by atoms with Crippen LogP contribution in [0.25, 0.3) is 0 Å². The van der Waals surface area contributed by atoms with Crippen LogP contribution in [-0.4, -0.2) is 41.0 Å². The smallest absolute Gasteiger partial charge is 0.224 e. The van der Waals surface area contributed by atoms with E-state index in [1.807, 2.05) is 13.0 Å². The summed E-state index contributed by atoms with van der Waals surface area (Å²) in [6, 6.07) is 4.28. The van der Waals surface area contributed by atoms with E-state index in [2.05, 4.69) is 27.2 Å². The van der Waals surface area contributed by atoms with Gasteiger partial charge in [0.05, 0.1) is 0 Å². The summed E-state index contributed by atoms with van der Waals surface area (Å²) in [5, 5.41) is 12.0. The average Bonchev–Trinajstić information content (AvgIpc) is 2.71. The zero-order valence-electron chi connectivity index (χ0n) is 10.3. The standard InChI is InChI=1S/C12H17N5/c1-9-6-10(7-13)16-12(15-9)14-8-11-4-3-5-17(11)2/h6,11H,3-5,8H2,1-2H3,(H,14,15,16). The third-order valence-electron chi connectivity index (χ3n) is 3.14. The van der Waals surface area contributed by atoms with Gasteiger partial charge in [-0.05, 0) is 39.4 Å². The van der Waals surface area contributed by atoms with Gasteiger partial charge in [-0.3, -0.25) is 0 Å². The zero-order chi connectivity index (χ0) is 12.3. The van der Waals surface area contributed by atoms with Crippen molar-refractivity contribution in [3.8, 4) is 6.07 Å². The molecule has 90 valence electrons. The minimum Gasteiger partial charge on any atom is -0.353 e. The van der Waals surface area contributed by atoms with Gasteiger partial charge in [-0.2, -0.15) is 5.26 Å². The van der Waals surface area contributed by atoms with E-state index in [4.69, 9.17) is 5.26 Å². The summed E-state index contributed by atoms with van der Waals surface area (Å²) < 4.78 is 0. The lowest BCUT2D eigenvalue weighted by atomic mass is 10.2. The molecule has 1 atom stereocenters. The first-order chi connectivity index (χ1) is 8.19. The average molecular weight is 231 g/mol. The molecule has 1 aromatic rings. The molecule has 0 spiro atoms. The summed E-state index contributed by atoms with van der Waals surface area (Å²) in [5.74, 6) is 0.557. The Bertz CT molecular complexity index is 437. The molecule has 5 heteroatoms. The Morgan fingerprint density at radius 3 is 3.06 bits per heavy atom. The van der Waals surface area contributed by atoms with Gasteiger partial charge in [0.15, 0.2) is 0 Å². The molecule has 1 unspecified atom stereocenters. The van der Waals surface area contributed by atoms with E-state index >= 15 is 0 Å². The van der Waals surface area contributed by atoms with Crippen molar-refractivity contribution >= 4 is 5.95 Å². The number of anilines is 1. The van der Waals surface area contributed by atoms with E-state index in [1.54, 1.807) is 6.07 Å². The monoisotopic (exact) mass is 231 g/mol. The van der Waals surface area contributed by atoms with Crippen molar-refractivity contribution in [1.82, 2.24) is 14.9 Å². The van der Waals surface area contributed by atoms with Gasteiger partial charge in [0, 0.05) is 18.3 Å². The molecule has 17 heavy (non-hydrogen) atoms. The number of likely N-dealkylation sites (tertiary alicyclic amines) is 1. The maximum absolute atomic E-state index is 8.83. The summed E-state index contributed by atoms with van der Waals surface area (Å²) in [6.07, 6.45) is 2.46. The minimum atomic E-state index is 0.416. The molecule has 0 aromatic carbocycles. The van der Waals surface area contributed by atoms with Crippen LogP contribution in [0.5, 0.6) is 0 Å². The highest BCUT2D eigenvalue weighted by atomic mass is 15.2. The molecule has 0 amide bonds. The van der Waals surface area contributed by atoms with Gasteiger partial charge in [0.2, 0.25) is 5.95 Å². The second kappa shape index (κ2) is 5.11. The van der Waals surface area contributed by atoms with Gasteiger partial charge in [-0.1, -0.05) is 0 Å². The molecule has 0 bridgehead atoms. The fourth-order valence-electron chi connectivity index (χ4n) is 2.15. The Hall–Kier alpha value is -1.67. The van der Waals surface area contributed by atoms with Crippen LogP contribution < -0.4 is 5.32 Å². The van der Waals surface area contributed by atoms with Crippen molar-refractivity contribution in [2.24, 2.45) is 0 Å². The molecule has 2 rings (SSSR count). The zero-order valence-corrected chi connectivity index (χ0v) is 10.3. The molecule has 1 N–H and O–H groups in total. The SMILES string of the molecule is Cc1cc(C#N)nc(NCC2CCCN2C)n1. The number of likely N-dealkylation sites (N-methyl/N-ethyl adjacent to an activating group) is 1. The van der Waals surface area contributed by atoms with Gasteiger partial charge in [0.25, 0.3) is 0 Å². The highest BCUT2D eigenvalue weighted by Gasteiger charge is 2.20. The first kappa shape index (κ1) is 11.8. The fourth-order valence-corrected chi connectivity index (χ4v) is 2.15. The normalized spacial score (nSPS) is 20.2. The Morgan fingerprint density at radius 1 is 1.59 bits per heavy atom. The topological polar surface area (TPSA) is 64.8 Å². The molecule has 2 heterocycles. The molecule has 0 radical (unpaired) electrons. The number of hydrogen-bond acceptors (Lipinski definition) is 5. The lowest BCUT2D eigenvalue weighted by molar-refractivity contribution is 0.322. The summed E-state index contributed by atoms with van der Waals surface area (Å²) in [6.45, 7) is 3.87. The molecule has 1 aliphatic heterocycles. The van der Waals surface area contributed by atoms with Crippen LogP contribution in [0, 0.1) is 18.3 Å². The van der Waals surface area contributed by atoms with E-state index < -0.39 is 0 Å². The molecular weight excluding hydrogens is 214 g/mol. The molecule has 1 aromatic heterocycles. The van der Waals surface area contributed by atoms with Gasteiger partial charge >= 0.3 is 0 Å². The van der Waals surface area contributed by atoms with E-state index in [1.165, 1.54) is 12.8 Å². The van der Waals surface area contributed by atoms with Crippen LogP contribution in [0.15, 0.2) is 6.07 Å². The van der Waals surface area contributed by atoms with E-state index in [0.717, 1.165) is 18.8 Å². The highest BCUT2D eigenvalue weighted by Crippen LogP contribution is 2.15. The Morgan fingerprint density at radius 2 is 2.41 bits per heavy atom.